The second-order valence-corrected chi connectivity index (χ2v) is 15.2. The average Bonchev–Trinajstić information content (AvgIpc) is 2.91. The number of ether oxygens (including phenoxy) is 3. The van der Waals surface area contributed by atoms with E-state index >= 15 is 8.78 Å². The predicted octanol–water partition coefficient (Wildman–Crippen LogP) is 7.40. The van der Waals surface area contributed by atoms with Crippen molar-refractivity contribution in [3.05, 3.63) is 54.6 Å². The Labute approximate surface area is 251 Å². The molecule has 0 fully saturated rings. The zero-order chi connectivity index (χ0) is 32.1. The van der Waals surface area contributed by atoms with Crippen molar-refractivity contribution in [2.45, 2.75) is 96.3 Å². The quantitative estimate of drug-likeness (QED) is 0.0528. The molecule has 0 aromatic heterocycles. The van der Waals surface area contributed by atoms with E-state index in [4.69, 9.17) is 18.4 Å². The average molecular weight is 615 g/mol. The van der Waals surface area contributed by atoms with Crippen LogP contribution >= 0.6 is 10.3 Å². The molecule has 42 heavy (non-hydrogen) atoms. The van der Waals surface area contributed by atoms with Crippen LogP contribution in [0.3, 0.4) is 0 Å². The summed E-state index contributed by atoms with van der Waals surface area (Å²) in [5.41, 5.74) is -1.89. The van der Waals surface area contributed by atoms with Crippen LogP contribution in [0.15, 0.2) is 37.4 Å². The number of rotatable bonds is 19. The van der Waals surface area contributed by atoms with E-state index in [9.17, 15) is 14.4 Å². The lowest BCUT2D eigenvalue weighted by molar-refractivity contribution is -0.172. The van der Waals surface area contributed by atoms with Gasteiger partial charge in [0.15, 0.2) is 17.0 Å². The van der Waals surface area contributed by atoms with Gasteiger partial charge in [-0.2, -0.15) is 0 Å². The first kappa shape index (κ1) is 37.1. The van der Waals surface area contributed by atoms with Crippen LogP contribution in [-0.2, 0) is 35.0 Å². The number of esters is 3. The van der Waals surface area contributed by atoms with Gasteiger partial charge in [0.05, 0.1) is 6.61 Å². The van der Waals surface area contributed by atoms with Gasteiger partial charge in [0.1, 0.15) is 13.2 Å². The van der Waals surface area contributed by atoms with Crippen molar-refractivity contribution < 1.29 is 41.6 Å². The Morgan fingerprint density at radius 1 is 0.857 bits per heavy atom. The van der Waals surface area contributed by atoms with Crippen LogP contribution < -0.4 is 4.18 Å². The fourth-order valence-electron chi connectivity index (χ4n) is 5.20. The van der Waals surface area contributed by atoms with Crippen molar-refractivity contribution in [1.29, 1.82) is 0 Å². The monoisotopic (exact) mass is 614 g/mol. The number of hydrogen-bond donors (Lipinski definition) is 0. The van der Waals surface area contributed by atoms with Gasteiger partial charge in [0.2, 0.25) is 5.75 Å². The zero-order valence-corrected chi connectivity index (χ0v) is 27.0. The summed E-state index contributed by atoms with van der Waals surface area (Å²) in [4.78, 5) is 38.7. The van der Waals surface area contributed by atoms with Crippen LogP contribution in [0.25, 0.3) is 0 Å². The van der Waals surface area contributed by atoms with Gasteiger partial charge in [-0.3, -0.25) is 14.4 Å². The molecule has 0 atom stereocenters. The van der Waals surface area contributed by atoms with E-state index in [0.29, 0.717) is 6.42 Å². The van der Waals surface area contributed by atoms with Gasteiger partial charge in [-0.1, -0.05) is 83.6 Å². The number of carbonyl (C=O) groups excluding carboxylic acids is 3. The molecule has 7 nitrogen and oxygen atoms in total. The fourth-order valence-corrected chi connectivity index (χ4v) is 9.49. The Balaban J connectivity index is 3.57. The number of unbranched alkanes of at least 4 members (excludes halogenated alkanes) is 1. The maximum atomic E-state index is 15.6. The lowest BCUT2D eigenvalue weighted by atomic mass is 9.77. The van der Waals surface area contributed by atoms with E-state index in [1.165, 1.54) is 12.2 Å². The first-order chi connectivity index (χ1) is 19.7. The predicted molar refractivity (Wildman–Crippen MR) is 164 cm³/mol. The highest BCUT2D eigenvalue weighted by Crippen LogP contribution is 2.61. The Hall–Kier alpha value is -2.88. The summed E-state index contributed by atoms with van der Waals surface area (Å²) >= 11 is 0. The molecule has 238 valence electrons. The van der Waals surface area contributed by atoms with Crippen molar-refractivity contribution in [3.63, 3.8) is 0 Å². The second kappa shape index (κ2) is 17.3. The molecular formula is C32H48F2O7S. The molecule has 0 aliphatic carbocycles. The van der Waals surface area contributed by atoms with Gasteiger partial charge in [-0.05, 0) is 43.9 Å². The summed E-state index contributed by atoms with van der Waals surface area (Å²) in [5, 5.41) is 0.0764. The van der Waals surface area contributed by atoms with Gasteiger partial charge in [-0.15, -0.1) is 0 Å². The third-order valence-corrected chi connectivity index (χ3v) is 11.9. The molecule has 0 bridgehead atoms. The van der Waals surface area contributed by atoms with Crippen molar-refractivity contribution in [1.82, 2.24) is 0 Å². The molecule has 0 heterocycles. The minimum Gasteiger partial charge on any atom is -0.466 e. The van der Waals surface area contributed by atoms with Crippen molar-refractivity contribution in [3.8, 4) is 5.75 Å². The summed E-state index contributed by atoms with van der Waals surface area (Å²) in [6.07, 6.45) is 2.82. The summed E-state index contributed by atoms with van der Waals surface area (Å²) in [6.45, 7) is 20.5. The van der Waals surface area contributed by atoms with E-state index in [1.54, 1.807) is 6.92 Å². The van der Waals surface area contributed by atoms with Gasteiger partial charge in [0.25, 0.3) is 0 Å². The van der Waals surface area contributed by atoms with Crippen LogP contribution in [0, 0.1) is 17.0 Å². The lowest BCUT2D eigenvalue weighted by Gasteiger charge is -2.50. The highest BCUT2D eigenvalue weighted by Gasteiger charge is 2.49. The molecular weight excluding hydrogens is 566 g/mol. The van der Waals surface area contributed by atoms with E-state index in [1.807, 2.05) is 41.5 Å². The second-order valence-electron chi connectivity index (χ2n) is 10.9. The smallest absolute Gasteiger partial charge is 0.324 e. The number of carbonyl (C=O) groups is 3. The van der Waals surface area contributed by atoms with E-state index in [2.05, 4.69) is 13.2 Å². The van der Waals surface area contributed by atoms with Crippen molar-refractivity contribution in [2.24, 2.45) is 5.41 Å². The van der Waals surface area contributed by atoms with E-state index in [-0.39, 0.29) is 60.4 Å². The molecule has 1 aromatic carbocycles. The summed E-state index contributed by atoms with van der Waals surface area (Å²) < 4.78 is 53.0. The first-order valence-electron chi connectivity index (χ1n) is 14.4. The van der Waals surface area contributed by atoms with Crippen molar-refractivity contribution >= 4 is 28.2 Å². The molecule has 0 aliphatic heterocycles. The number of benzene rings is 1. The largest absolute Gasteiger partial charge is 0.466 e. The highest BCUT2D eigenvalue weighted by atomic mass is 32.3. The molecule has 0 aliphatic rings. The van der Waals surface area contributed by atoms with Crippen LogP contribution in [0.4, 0.5) is 8.78 Å². The highest BCUT2D eigenvalue weighted by molar-refractivity contribution is 8.31. The SMILES string of the molecule is C=CCOC(=O)C(CCCCC(=O)OCC)(Cc1cc(F)c(OS(C(C)C)(C(C)C)C(C)C)c(F)c1)C(=O)OCC=C. The number of hydrogen-bond acceptors (Lipinski definition) is 7. The summed E-state index contributed by atoms with van der Waals surface area (Å²) in [7, 11) is -1.95. The fraction of sp³-hybridized carbons (Fsp3) is 0.594. The molecule has 0 unspecified atom stereocenters. The summed E-state index contributed by atoms with van der Waals surface area (Å²) in [6, 6.07) is 2.16. The van der Waals surface area contributed by atoms with Crippen LogP contribution in [0.5, 0.6) is 5.75 Å². The Morgan fingerprint density at radius 3 is 1.74 bits per heavy atom. The maximum Gasteiger partial charge on any atom is 0.324 e. The zero-order valence-electron chi connectivity index (χ0n) is 26.1. The third-order valence-electron chi connectivity index (χ3n) is 6.99. The Bertz CT molecular complexity index is 1020. The van der Waals surface area contributed by atoms with Crippen LogP contribution in [0.2, 0.25) is 0 Å². The van der Waals surface area contributed by atoms with Gasteiger partial charge in [-0.25, -0.2) is 8.78 Å². The molecule has 10 heteroatoms. The number of halogens is 2. The molecule has 0 N–H and O–H groups in total. The normalized spacial score (nSPS) is 12.3. The van der Waals surface area contributed by atoms with Gasteiger partial charge >= 0.3 is 17.9 Å². The van der Waals surface area contributed by atoms with Crippen molar-refractivity contribution in [2.75, 3.05) is 19.8 Å². The standard InChI is InChI=1S/C32H48F2O7S/c1-10-17-39-30(36)32(31(37)40-18-11-2,16-14-13-15-28(35)38-12-3)21-25-19-26(33)29(27(34)20-25)41-42(22(4)5,23(6)7)24(8)9/h10-11,19-20,22-24H,1-2,12-18,21H2,3-9H3. The molecule has 0 saturated heterocycles. The minimum absolute atomic E-state index is 0.0255. The molecule has 1 aromatic rings. The van der Waals surface area contributed by atoms with Crippen LogP contribution in [-0.4, -0.2) is 53.5 Å². The van der Waals surface area contributed by atoms with Gasteiger partial charge in [0, 0.05) is 22.2 Å². The molecule has 0 amide bonds. The Kier molecular flexibility index (Phi) is 15.3. The lowest BCUT2D eigenvalue weighted by Crippen LogP contribution is -2.44. The van der Waals surface area contributed by atoms with Gasteiger partial charge < -0.3 is 18.4 Å². The molecule has 0 saturated carbocycles. The maximum absolute atomic E-state index is 15.6. The first-order valence-corrected chi connectivity index (χ1v) is 16.2. The Morgan fingerprint density at radius 2 is 1.33 bits per heavy atom. The minimum atomic E-state index is -1.95. The third kappa shape index (κ3) is 9.31. The van der Waals surface area contributed by atoms with E-state index in [0.717, 1.165) is 12.1 Å². The molecule has 0 radical (unpaired) electrons. The van der Waals surface area contributed by atoms with E-state index < -0.39 is 57.4 Å². The topological polar surface area (TPSA) is 88.1 Å². The summed E-state index contributed by atoms with van der Waals surface area (Å²) in [5.74, 6) is -4.59. The molecule has 0 spiro atoms. The van der Waals surface area contributed by atoms with Crippen LogP contribution in [0.1, 0.15) is 79.7 Å². The molecule has 1 rings (SSSR count).